The molecule has 0 bridgehead atoms. The number of fused-ring (bicyclic) bond motifs is 1. The van der Waals surface area contributed by atoms with Crippen LogP contribution >= 0.6 is 0 Å². The molecule has 0 atom stereocenters. The minimum Gasteiger partial charge on any atom is -0.404 e. The van der Waals surface area contributed by atoms with Gasteiger partial charge in [-0.25, -0.2) is 4.98 Å². The first kappa shape index (κ1) is 19.9. The van der Waals surface area contributed by atoms with Gasteiger partial charge in [0, 0.05) is 46.6 Å². The van der Waals surface area contributed by atoms with Gasteiger partial charge in [0.1, 0.15) is 11.8 Å². The summed E-state index contributed by atoms with van der Waals surface area (Å²) in [4.78, 5) is 25.0. The first-order chi connectivity index (χ1) is 14.0. The van der Waals surface area contributed by atoms with E-state index in [1.165, 1.54) is 6.20 Å². The SMILES string of the molecule is CC(C)C(=O)CN=C/C(=C\N)c1ccc(C#N)nc1-c1ccc2cccnc2c1. The molecule has 0 fully saturated rings. The van der Waals surface area contributed by atoms with Gasteiger partial charge in [-0.3, -0.25) is 14.8 Å². The molecule has 0 saturated carbocycles. The number of allylic oxidation sites excluding steroid dienone is 1. The summed E-state index contributed by atoms with van der Waals surface area (Å²) in [5.74, 6) is -0.0221. The van der Waals surface area contributed by atoms with Gasteiger partial charge in [-0.1, -0.05) is 32.0 Å². The third kappa shape index (κ3) is 4.53. The molecule has 0 unspecified atom stereocenters. The molecule has 2 heterocycles. The fourth-order valence-corrected chi connectivity index (χ4v) is 2.81. The van der Waals surface area contributed by atoms with Gasteiger partial charge in [-0.15, -0.1) is 0 Å². The third-order valence-corrected chi connectivity index (χ3v) is 4.50. The number of Topliss-reactive ketones (excluding diaryl/α,β-unsaturated/α-hetero) is 1. The lowest BCUT2D eigenvalue weighted by molar-refractivity contribution is -0.120. The van der Waals surface area contributed by atoms with E-state index in [1.54, 1.807) is 24.5 Å². The quantitative estimate of drug-likeness (QED) is 0.652. The number of nitrogens with two attached hydrogens (primary N) is 1. The zero-order chi connectivity index (χ0) is 20.8. The predicted octanol–water partition coefficient (Wildman–Crippen LogP) is 3.76. The summed E-state index contributed by atoms with van der Waals surface area (Å²) in [6, 6.07) is 15.2. The number of hydrogen-bond donors (Lipinski definition) is 1. The topological polar surface area (TPSA) is 105 Å². The summed E-state index contributed by atoms with van der Waals surface area (Å²) < 4.78 is 0. The maximum absolute atomic E-state index is 11.8. The number of carbonyl (C=O) groups excluding carboxylic acids is 1. The standard InChI is InChI=1S/C23H21N5O/c1-15(2)22(29)14-26-13-18(11-24)20-8-7-19(12-25)28-23(20)17-6-5-16-4-3-9-27-21(16)10-17/h3-11,13,15H,14,24H2,1-2H3/b18-11+,26-13?. The first-order valence-corrected chi connectivity index (χ1v) is 9.24. The predicted molar refractivity (Wildman–Crippen MR) is 115 cm³/mol. The van der Waals surface area contributed by atoms with E-state index in [1.807, 2.05) is 44.2 Å². The van der Waals surface area contributed by atoms with Crippen molar-refractivity contribution in [2.75, 3.05) is 6.54 Å². The van der Waals surface area contributed by atoms with Crippen LogP contribution in [0.5, 0.6) is 0 Å². The van der Waals surface area contributed by atoms with Gasteiger partial charge in [0.2, 0.25) is 0 Å². The Balaban J connectivity index is 2.05. The van der Waals surface area contributed by atoms with E-state index >= 15 is 0 Å². The monoisotopic (exact) mass is 383 g/mol. The molecule has 6 nitrogen and oxygen atoms in total. The fraction of sp³-hybridized carbons (Fsp3) is 0.174. The van der Waals surface area contributed by atoms with E-state index in [2.05, 4.69) is 21.0 Å². The highest BCUT2D eigenvalue weighted by Gasteiger charge is 2.13. The van der Waals surface area contributed by atoms with E-state index in [9.17, 15) is 10.1 Å². The maximum atomic E-state index is 11.8. The lowest BCUT2D eigenvalue weighted by atomic mass is 9.98. The van der Waals surface area contributed by atoms with Crippen LogP contribution in [0.2, 0.25) is 0 Å². The van der Waals surface area contributed by atoms with E-state index in [0.717, 1.165) is 22.0 Å². The fourth-order valence-electron chi connectivity index (χ4n) is 2.81. The number of aromatic nitrogens is 2. The van der Waals surface area contributed by atoms with E-state index in [-0.39, 0.29) is 18.2 Å². The Morgan fingerprint density at radius 2 is 2.10 bits per heavy atom. The highest BCUT2D eigenvalue weighted by Crippen LogP contribution is 2.29. The molecule has 0 aliphatic heterocycles. The molecule has 0 amide bonds. The Morgan fingerprint density at radius 1 is 1.28 bits per heavy atom. The highest BCUT2D eigenvalue weighted by atomic mass is 16.1. The van der Waals surface area contributed by atoms with Crippen molar-refractivity contribution < 1.29 is 4.79 Å². The summed E-state index contributed by atoms with van der Waals surface area (Å²) in [7, 11) is 0. The van der Waals surface area contributed by atoms with Crippen molar-refractivity contribution in [3.8, 4) is 17.3 Å². The van der Waals surface area contributed by atoms with Crippen molar-refractivity contribution in [3.63, 3.8) is 0 Å². The molecule has 144 valence electrons. The number of hydrogen-bond acceptors (Lipinski definition) is 6. The molecule has 3 rings (SSSR count). The highest BCUT2D eigenvalue weighted by molar-refractivity contribution is 6.12. The number of pyridine rings is 2. The van der Waals surface area contributed by atoms with Crippen molar-refractivity contribution in [2.24, 2.45) is 16.6 Å². The van der Waals surface area contributed by atoms with Crippen LogP contribution < -0.4 is 5.73 Å². The van der Waals surface area contributed by atoms with Crippen LogP contribution in [0.4, 0.5) is 0 Å². The summed E-state index contributed by atoms with van der Waals surface area (Å²) in [6.07, 6.45) is 4.73. The molecule has 2 N–H and O–H groups in total. The molecule has 0 aliphatic carbocycles. The van der Waals surface area contributed by atoms with Crippen LogP contribution in [0.1, 0.15) is 25.1 Å². The molecular weight excluding hydrogens is 362 g/mol. The number of ketones is 1. The Morgan fingerprint density at radius 3 is 2.83 bits per heavy atom. The zero-order valence-corrected chi connectivity index (χ0v) is 16.3. The van der Waals surface area contributed by atoms with Gasteiger partial charge in [-0.2, -0.15) is 5.26 Å². The number of nitriles is 1. The molecule has 0 radical (unpaired) electrons. The minimum absolute atomic E-state index is 0.0522. The lowest BCUT2D eigenvalue weighted by Crippen LogP contribution is -2.10. The number of carbonyl (C=O) groups is 1. The Hall–Kier alpha value is -3.85. The Labute approximate surface area is 169 Å². The molecule has 0 spiro atoms. The summed E-state index contributed by atoms with van der Waals surface area (Å²) >= 11 is 0. The Kier molecular flexibility index (Phi) is 6.10. The van der Waals surface area contributed by atoms with E-state index in [0.29, 0.717) is 17.0 Å². The van der Waals surface area contributed by atoms with Crippen molar-refractivity contribution >= 4 is 28.5 Å². The van der Waals surface area contributed by atoms with Gasteiger partial charge in [-0.05, 0) is 24.3 Å². The van der Waals surface area contributed by atoms with Crippen molar-refractivity contribution in [2.45, 2.75) is 13.8 Å². The molecule has 0 saturated heterocycles. The van der Waals surface area contributed by atoms with E-state index in [4.69, 9.17) is 5.73 Å². The van der Waals surface area contributed by atoms with Crippen molar-refractivity contribution in [1.29, 1.82) is 5.26 Å². The van der Waals surface area contributed by atoms with Crippen LogP contribution in [0, 0.1) is 17.2 Å². The number of nitrogens with zero attached hydrogens (tertiary/aromatic N) is 4. The summed E-state index contributed by atoms with van der Waals surface area (Å²) in [6.45, 7) is 3.77. The molecular formula is C23H21N5O. The molecule has 6 heteroatoms. The summed E-state index contributed by atoms with van der Waals surface area (Å²) in [5, 5.41) is 10.3. The van der Waals surface area contributed by atoms with Gasteiger partial charge < -0.3 is 5.73 Å². The van der Waals surface area contributed by atoms with Crippen LogP contribution in [-0.2, 0) is 4.79 Å². The maximum Gasteiger partial charge on any atom is 0.156 e. The second kappa shape index (κ2) is 8.89. The first-order valence-electron chi connectivity index (χ1n) is 9.24. The Bertz CT molecular complexity index is 1160. The van der Waals surface area contributed by atoms with Crippen LogP contribution in [0.25, 0.3) is 27.7 Å². The largest absolute Gasteiger partial charge is 0.404 e. The van der Waals surface area contributed by atoms with Crippen molar-refractivity contribution in [1.82, 2.24) is 9.97 Å². The smallest absolute Gasteiger partial charge is 0.156 e. The lowest BCUT2D eigenvalue weighted by Gasteiger charge is -2.11. The normalized spacial score (nSPS) is 11.9. The van der Waals surface area contributed by atoms with E-state index < -0.39 is 0 Å². The van der Waals surface area contributed by atoms with Gasteiger partial charge in [0.25, 0.3) is 0 Å². The van der Waals surface area contributed by atoms with Gasteiger partial charge in [0.05, 0.1) is 17.8 Å². The molecule has 1 aromatic carbocycles. The molecule has 2 aromatic heterocycles. The molecule has 0 aliphatic rings. The minimum atomic E-state index is -0.0744. The number of aliphatic imine (C=N–C) groups is 1. The number of rotatable bonds is 6. The van der Waals surface area contributed by atoms with Crippen LogP contribution in [-0.4, -0.2) is 28.5 Å². The summed E-state index contributed by atoms with van der Waals surface area (Å²) in [5.41, 5.74) is 9.74. The second-order valence-electron chi connectivity index (χ2n) is 6.83. The van der Waals surface area contributed by atoms with Crippen molar-refractivity contribution in [3.05, 3.63) is 66.1 Å². The third-order valence-electron chi connectivity index (χ3n) is 4.50. The second-order valence-corrected chi connectivity index (χ2v) is 6.83. The van der Waals surface area contributed by atoms with Gasteiger partial charge >= 0.3 is 0 Å². The van der Waals surface area contributed by atoms with Crippen LogP contribution in [0.15, 0.2) is 59.9 Å². The van der Waals surface area contributed by atoms with Crippen LogP contribution in [0.3, 0.4) is 0 Å². The number of benzene rings is 1. The average Bonchev–Trinajstić information content (AvgIpc) is 2.76. The average molecular weight is 383 g/mol. The zero-order valence-electron chi connectivity index (χ0n) is 16.3. The molecule has 29 heavy (non-hydrogen) atoms. The molecule has 3 aromatic rings. The van der Waals surface area contributed by atoms with Gasteiger partial charge in [0.15, 0.2) is 5.78 Å².